The lowest BCUT2D eigenvalue weighted by atomic mass is 10.1. The summed E-state index contributed by atoms with van der Waals surface area (Å²) in [6.45, 7) is 0. The molecule has 4 heteroatoms. The number of benzene rings is 1. The van der Waals surface area contributed by atoms with E-state index < -0.39 is 0 Å². The second-order valence-corrected chi connectivity index (χ2v) is 4.74. The molecular formula is C14H15N3O. The zero-order chi connectivity index (χ0) is 12.5. The zero-order valence-electron chi connectivity index (χ0n) is 10.0. The summed E-state index contributed by atoms with van der Waals surface area (Å²) in [6.07, 6.45) is 2.52. The first kappa shape index (κ1) is 11.0. The van der Waals surface area contributed by atoms with Crippen LogP contribution in [0.5, 0.6) is 0 Å². The topological polar surface area (TPSA) is 68.0 Å². The van der Waals surface area contributed by atoms with Gasteiger partial charge in [-0.25, -0.2) is 0 Å². The maximum atomic E-state index is 11.7. The Morgan fingerprint density at radius 1 is 1.33 bits per heavy atom. The molecule has 1 aliphatic rings. The van der Waals surface area contributed by atoms with Crippen molar-refractivity contribution in [3.8, 4) is 0 Å². The molecular weight excluding hydrogens is 226 g/mol. The van der Waals surface area contributed by atoms with Crippen LogP contribution >= 0.6 is 0 Å². The summed E-state index contributed by atoms with van der Waals surface area (Å²) in [5.41, 5.74) is 8.07. The van der Waals surface area contributed by atoms with Gasteiger partial charge in [-0.15, -0.1) is 0 Å². The highest BCUT2D eigenvalue weighted by Gasteiger charge is 2.23. The molecule has 3 rings (SSSR count). The number of nitrogen functional groups attached to an aromatic ring is 1. The van der Waals surface area contributed by atoms with Crippen molar-refractivity contribution in [3.05, 3.63) is 36.0 Å². The number of amides is 1. The van der Waals surface area contributed by atoms with Crippen molar-refractivity contribution in [1.82, 2.24) is 10.3 Å². The number of rotatable bonds is 3. The second-order valence-electron chi connectivity index (χ2n) is 4.74. The van der Waals surface area contributed by atoms with Gasteiger partial charge in [0.2, 0.25) is 5.91 Å². The number of nitrogens with one attached hydrogen (secondary N) is 1. The number of pyridine rings is 1. The van der Waals surface area contributed by atoms with Gasteiger partial charge < -0.3 is 11.1 Å². The Balaban J connectivity index is 1.83. The summed E-state index contributed by atoms with van der Waals surface area (Å²) in [5, 5.41) is 3.96. The van der Waals surface area contributed by atoms with Gasteiger partial charge in [-0.1, -0.05) is 18.2 Å². The first-order valence-corrected chi connectivity index (χ1v) is 6.16. The largest absolute Gasteiger partial charge is 0.397 e. The van der Waals surface area contributed by atoms with Gasteiger partial charge in [0.15, 0.2) is 0 Å². The fourth-order valence-electron chi connectivity index (χ4n) is 1.98. The first-order valence-electron chi connectivity index (χ1n) is 6.16. The predicted molar refractivity (Wildman–Crippen MR) is 71.0 cm³/mol. The van der Waals surface area contributed by atoms with E-state index in [1.807, 2.05) is 30.3 Å². The zero-order valence-corrected chi connectivity index (χ0v) is 10.0. The maximum Gasteiger partial charge on any atom is 0.226 e. The van der Waals surface area contributed by atoms with E-state index in [1.54, 1.807) is 0 Å². The first-order chi connectivity index (χ1) is 8.72. The Morgan fingerprint density at radius 3 is 2.94 bits per heavy atom. The number of nitrogens with zero attached hydrogens (tertiary/aromatic N) is 1. The van der Waals surface area contributed by atoms with Gasteiger partial charge >= 0.3 is 0 Å². The fourth-order valence-corrected chi connectivity index (χ4v) is 1.98. The minimum atomic E-state index is 0.0406. The van der Waals surface area contributed by atoms with E-state index in [4.69, 9.17) is 5.73 Å². The summed E-state index contributed by atoms with van der Waals surface area (Å²) in [6, 6.07) is 9.92. The molecule has 0 atom stereocenters. The van der Waals surface area contributed by atoms with Gasteiger partial charge in [0.1, 0.15) is 0 Å². The summed E-state index contributed by atoms with van der Waals surface area (Å²) in [5.74, 6) is 0.0406. The van der Waals surface area contributed by atoms with Crippen LogP contribution in [0.2, 0.25) is 0 Å². The van der Waals surface area contributed by atoms with Crippen LogP contribution in [0, 0.1) is 0 Å². The minimum absolute atomic E-state index is 0.0406. The Labute approximate surface area is 105 Å². The van der Waals surface area contributed by atoms with Gasteiger partial charge in [0.25, 0.3) is 0 Å². The van der Waals surface area contributed by atoms with E-state index in [-0.39, 0.29) is 5.91 Å². The molecule has 3 N–H and O–H groups in total. The van der Waals surface area contributed by atoms with Crippen molar-refractivity contribution in [2.75, 3.05) is 5.73 Å². The molecule has 1 aliphatic carbocycles. The lowest BCUT2D eigenvalue weighted by Crippen LogP contribution is -2.27. The molecule has 0 unspecified atom stereocenters. The molecule has 1 saturated carbocycles. The van der Waals surface area contributed by atoms with Crippen LogP contribution < -0.4 is 11.1 Å². The molecule has 1 aromatic carbocycles. The Morgan fingerprint density at radius 2 is 2.17 bits per heavy atom. The third-order valence-electron chi connectivity index (χ3n) is 3.09. The lowest BCUT2D eigenvalue weighted by Gasteiger charge is -2.05. The predicted octanol–water partition coefficient (Wildman–Crippen LogP) is 1.64. The average Bonchev–Trinajstić information content (AvgIpc) is 3.14. The van der Waals surface area contributed by atoms with Crippen molar-refractivity contribution in [2.45, 2.75) is 25.3 Å². The Kier molecular flexibility index (Phi) is 2.63. The number of aromatic nitrogens is 1. The standard InChI is InChI=1S/C14H15N3O/c15-12-3-1-2-9-4-5-11(17-14(9)12)8-13(18)16-10-6-7-10/h1-5,10H,6-8,15H2,(H,16,18). The molecule has 0 spiro atoms. The monoisotopic (exact) mass is 241 g/mol. The van der Waals surface area contributed by atoms with Crippen LogP contribution in [0.25, 0.3) is 10.9 Å². The number of anilines is 1. The molecule has 2 aromatic rings. The van der Waals surface area contributed by atoms with Crippen molar-refractivity contribution in [3.63, 3.8) is 0 Å². The third-order valence-corrected chi connectivity index (χ3v) is 3.09. The molecule has 1 aromatic heterocycles. The van der Waals surface area contributed by atoms with Crippen molar-refractivity contribution >= 4 is 22.5 Å². The van der Waals surface area contributed by atoms with E-state index >= 15 is 0 Å². The fraction of sp³-hybridized carbons (Fsp3) is 0.286. The van der Waals surface area contributed by atoms with Crippen molar-refractivity contribution < 1.29 is 4.79 Å². The number of para-hydroxylation sites is 1. The molecule has 1 amide bonds. The second kappa shape index (κ2) is 4.29. The molecule has 92 valence electrons. The molecule has 4 nitrogen and oxygen atoms in total. The van der Waals surface area contributed by atoms with E-state index in [9.17, 15) is 4.79 Å². The maximum absolute atomic E-state index is 11.7. The molecule has 18 heavy (non-hydrogen) atoms. The van der Waals surface area contributed by atoms with Gasteiger partial charge in [0.05, 0.1) is 23.3 Å². The number of fused-ring (bicyclic) bond motifs is 1. The number of carbonyl (C=O) groups excluding carboxylic acids is 1. The molecule has 0 saturated heterocycles. The van der Waals surface area contributed by atoms with E-state index in [1.165, 1.54) is 0 Å². The average molecular weight is 241 g/mol. The van der Waals surface area contributed by atoms with Gasteiger partial charge in [0, 0.05) is 11.4 Å². The third kappa shape index (κ3) is 2.27. The summed E-state index contributed by atoms with van der Waals surface area (Å²) < 4.78 is 0. The molecule has 1 fully saturated rings. The van der Waals surface area contributed by atoms with E-state index in [0.29, 0.717) is 18.2 Å². The summed E-state index contributed by atoms with van der Waals surface area (Å²) >= 11 is 0. The van der Waals surface area contributed by atoms with E-state index in [0.717, 1.165) is 29.4 Å². The molecule has 0 bridgehead atoms. The highest BCUT2D eigenvalue weighted by Crippen LogP contribution is 2.20. The quantitative estimate of drug-likeness (QED) is 0.803. The summed E-state index contributed by atoms with van der Waals surface area (Å²) in [7, 11) is 0. The van der Waals surface area contributed by atoms with Crippen LogP contribution in [-0.4, -0.2) is 16.9 Å². The number of carbonyl (C=O) groups is 1. The molecule has 0 aliphatic heterocycles. The SMILES string of the molecule is Nc1cccc2ccc(CC(=O)NC3CC3)nc12. The van der Waals surface area contributed by atoms with E-state index in [2.05, 4.69) is 10.3 Å². The Bertz CT molecular complexity index is 605. The van der Waals surface area contributed by atoms with Crippen LogP contribution in [0.3, 0.4) is 0 Å². The lowest BCUT2D eigenvalue weighted by molar-refractivity contribution is -0.120. The number of nitrogens with two attached hydrogens (primary N) is 1. The van der Waals surface area contributed by atoms with Crippen molar-refractivity contribution in [2.24, 2.45) is 0 Å². The van der Waals surface area contributed by atoms with Gasteiger partial charge in [-0.3, -0.25) is 9.78 Å². The number of hydrogen-bond donors (Lipinski definition) is 2. The number of hydrogen-bond acceptors (Lipinski definition) is 3. The molecule has 1 heterocycles. The molecule has 0 radical (unpaired) electrons. The van der Waals surface area contributed by atoms with Crippen LogP contribution in [0.1, 0.15) is 18.5 Å². The van der Waals surface area contributed by atoms with Crippen LogP contribution in [0.4, 0.5) is 5.69 Å². The van der Waals surface area contributed by atoms with Gasteiger partial charge in [-0.2, -0.15) is 0 Å². The van der Waals surface area contributed by atoms with Crippen LogP contribution in [-0.2, 0) is 11.2 Å². The highest BCUT2D eigenvalue weighted by molar-refractivity contribution is 5.89. The minimum Gasteiger partial charge on any atom is -0.397 e. The van der Waals surface area contributed by atoms with Gasteiger partial charge in [-0.05, 0) is 25.0 Å². The highest BCUT2D eigenvalue weighted by atomic mass is 16.1. The summed E-state index contributed by atoms with van der Waals surface area (Å²) in [4.78, 5) is 16.2. The normalized spacial score (nSPS) is 14.7. The van der Waals surface area contributed by atoms with Crippen LogP contribution in [0.15, 0.2) is 30.3 Å². The Hall–Kier alpha value is -2.10. The van der Waals surface area contributed by atoms with Crippen molar-refractivity contribution in [1.29, 1.82) is 0 Å². The smallest absolute Gasteiger partial charge is 0.226 e.